The van der Waals surface area contributed by atoms with Gasteiger partial charge in [-0.3, -0.25) is 4.79 Å². The standard InChI is InChI=1S/C25H36N4O3/c1-14-12-29(13-15(2)32-14)24-26-11-20(22(28-24)17-4-3-5-17)23(30)27-21-18-6-16-7-19(21)10-25(31,8-16)9-18/h11,14-19,21,31H,3-10,12-13H2,1-2H3,(H,27,30)/t14-,15-,16?,18?,19?,21?,25?/m1/s1. The van der Waals surface area contributed by atoms with E-state index in [-0.39, 0.29) is 24.2 Å². The van der Waals surface area contributed by atoms with Crippen LogP contribution >= 0.6 is 0 Å². The zero-order valence-corrected chi connectivity index (χ0v) is 19.3. The molecule has 5 saturated carbocycles. The summed E-state index contributed by atoms with van der Waals surface area (Å²) in [5.41, 5.74) is 1.10. The lowest BCUT2D eigenvalue weighted by atomic mass is 9.52. The van der Waals surface area contributed by atoms with Crippen molar-refractivity contribution in [3.8, 4) is 0 Å². The molecular weight excluding hydrogens is 404 g/mol. The molecule has 4 atom stereocenters. The van der Waals surface area contributed by atoms with Crippen LogP contribution in [0.5, 0.6) is 0 Å². The normalized spacial score (nSPS) is 40.9. The molecule has 2 N–H and O–H groups in total. The van der Waals surface area contributed by atoms with E-state index in [9.17, 15) is 9.90 Å². The Morgan fingerprint density at radius 1 is 1.16 bits per heavy atom. The zero-order valence-electron chi connectivity index (χ0n) is 19.3. The van der Waals surface area contributed by atoms with Crippen molar-refractivity contribution in [2.24, 2.45) is 17.8 Å². The number of morpholine rings is 1. The molecule has 1 saturated heterocycles. The molecule has 1 aromatic rings. The molecule has 174 valence electrons. The van der Waals surface area contributed by atoms with E-state index in [0.29, 0.717) is 29.2 Å². The zero-order chi connectivity index (χ0) is 22.0. The van der Waals surface area contributed by atoms with Gasteiger partial charge in [0.05, 0.1) is 29.1 Å². The summed E-state index contributed by atoms with van der Waals surface area (Å²) in [5.74, 6) is 2.50. The van der Waals surface area contributed by atoms with Crippen LogP contribution in [0, 0.1) is 17.8 Å². The fourth-order valence-electron chi connectivity index (χ4n) is 7.49. The van der Waals surface area contributed by atoms with Crippen molar-refractivity contribution in [2.75, 3.05) is 18.0 Å². The summed E-state index contributed by atoms with van der Waals surface area (Å²) in [7, 11) is 0. The molecule has 6 fully saturated rings. The number of rotatable bonds is 4. The third-order valence-electron chi connectivity index (χ3n) is 8.78. The van der Waals surface area contributed by atoms with Gasteiger partial charge >= 0.3 is 0 Å². The van der Waals surface area contributed by atoms with Crippen molar-refractivity contribution in [2.45, 2.75) is 95.0 Å². The van der Waals surface area contributed by atoms with Crippen molar-refractivity contribution in [1.82, 2.24) is 15.3 Å². The fraction of sp³-hybridized carbons (Fsp3) is 0.800. The Morgan fingerprint density at radius 3 is 2.44 bits per heavy atom. The monoisotopic (exact) mass is 440 g/mol. The molecule has 1 aromatic heterocycles. The highest BCUT2D eigenvalue weighted by Gasteiger charge is 2.55. The minimum absolute atomic E-state index is 0.0216. The Hall–Kier alpha value is -1.73. The molecule has 7 nitrogen and oxygen atoms in total. The van der Waals surface area contributed by atoms with Crippen molar-refractivity contribution in [1.29, 1.82) is 0 Å². The van der Waals surface area contributed by atoms with Gasteiger partial charge in [0.1, 0.15) is 0 Å². The average molecular weight is 441 g/mol. The minimum Gasteiger partial charge on any atom is -0.390 e. The van der Waals surface area contributed by atoms with Gasteiger partial charge in [-0.2, -0.15) is 0 Å². The maximum Gasteiger partial charge on any atom is 0.254 e. The first kappa shape index (κ1) is 20.8. The van der Waals surface area contributed by atoms with Crippen LogP contribution in [0.1, 0.15) is 87.2 Å². The van der Waals surface area contributed by atoms with Crippen LogP contribution in [0.15, 0.2) is 6.20 Å². The summed E-state index contributed by atoms with van der Waals surface area (Å²) in [5, 5.41) is 14.3. The van der Waals surface area contributed by atoms with Crippen LogP contribution in [-0.4, -0.2) is 57.9 Å². The predicted octanol–water partition coefficient (Wildman–Crippen LogP) is 3.03. The molecule has 7 heteroatoms. The summed E-state index contributed by atoms with van der Waals surface area (Å²) in [6.07, 6.45) is 10.3. The smallest absolute Gasteiger partial charge is 0.254 e. The van der Waals surface area contributed by atoms with Gasteiger partial charge in [-0.25, -0.2) is 9.97 Å². The molecule has 2 heterocycles. The Balaban J connectivity index is 1.24. The van der Waals surface area contributed by atoms with Crippen LogP contribution < -0.4 is 10.2 Å². The van der Waals surface area contributed by atoms with E-state index >= 15 is 0 Å². The molecule has 2 unspecified atom stereocenters. The van der Waals surface area contributed by atoms with Gasteiger partial charge in [0, 0.05) is 31.2 Å². The predicted molar refractivity (Wildman–Crippen MR) is 121 cm³/mol. The van der Waals surface area contributed by atoms with Gasteiger partial charge in [-0.1, -0.05) is 6.42 Å². The summed E-state index contributed by atoms with van der Waals surface area (Å²) in [4.78, 5) is 25.3. The largest absolute Gasteiger partial charge is 0.390 e. The first-order valence-corrected chi connectivity index (χ1v) is 12.7. The Bertz CT molecular complexity index is 877. The maximum atomic E-state index is 13.5. The van der Waals surface area contributed by atoms with Crippen molar-refractivity contribution in [3.63, 3.8) is 0 Å². The van der Waals surface area contributed by atoms with Crippen LogP contribution in [-0.2, 0) is 4.74 Å². The quantitative estimate of drug-likeness (QED) is 0.748. The third-order valence-corrected chi connectivity index (χ3v) is 8.78. The van der Waals surface area contributed by atoms with Crippen LogP contribution in [0.2, 0.25) is 0 Å². The van der Waals surface area contributed by atoms with E-state index in [2.05, 4.69) is 29.0 Å². The van der Waals surface area contributed by atoms with E-state index in [1.807, 2.05) is 0 Å². The number of amides is 1. The third kappa shape index (κ3) is 3.61. The number of aliphatic hydroxyl groups is 1. The molecule has 1 aliphatic heterocycles. The van der Waals surface area contributed by atoms with Crippen molar-refractivity contribution in [3.05, 3.63) is 17.5 Å². The first-order chi connectivity index (χ1) is 15.4. The summed E-state index contributed by atoms with van der Waals surface area (Å²) in [6.45, 7) is 5.71. The van der Waals surface area contributed by atoms with Gasteiger partial charge in [0.15, 0.2) is 0 Å². The first-order valence-electron chi connectivity index (χ1n) is 12.7. The van der Waals surface area contributed by atoms with Crippen LogP contribution in [0.25, 0.3) is 0 Å². The second-order valence-corrected chi connectivity index (χ2v) is 11.5. The highest BCUT2D eigenvalue weighted by atomic mass is 16.5. The lowest BCUT2D eigenvalue weighted by Gasteiger charge is -2.58. The van der Waals surface area contributed by atoms with E-state index in [4.69, 9.17) is 9.72 Å². The van der Waals surface area contributed by atoms with E-state index in [1.54, 1.807) is 6.20 Å². The second kappa shape index (κ2) is 7.66. The Morgan fingerprint density at radius 2 is 1.84 bits per heavy atom. The van der Waals surface area contributed by atoms with Crippen molar-refractivity contribution < 1.29 is 14.6 Å². The molecule has 0 spiro atoms. The summed E-state index contributed by atoms with van der Waals surface area (Å²) in [6, 6.07) is 0.175. The van der Waals surface area contributed by atoms with Crippen LogP contribution in [0.4, 0.5) is 5.95 Å². The minimum atomic E-state index is -0.480. The fourth-order valence-corrected chi connectivity index (χ4v) is 7.49. The number of ether oxygens (including phenoxy) is 1. The second-order valence-electron chi connectivity index (χ2n) is 11.5. The number of hydrogen-bond acceptors (Lipinski definition) is 6. The molecule has 1 amide bonds. The number of anilines is 1. The number of hydrogen-bond donors (Lipinski definition) is 2. The molecule has 4 bridgehead atoms. The highest BCUT2D eigenvalue weighted by molar-refractivity contribution is 5.95. The van der Waals surface area contributed by atoms with Gasteiger partial charge in [0.2, 0.25) is 5.95 Å². The molecule has 0 aromatic carbocycles. The molecule has 5 aliphatic carbocycles. The lowest BCUT2D eigenvalue weighted by Crippen LogP contribution is -2.61. The number of nitrogens with zero attached hydrogens (tertiary/aromatic N) is 3. The number of carbonyl (C=O) groups is 1. The summed E-state index contributed by atoms with van der Waals surface area (Å²) >= 11 is 0. The van der Waals surface area contributed by atoms with E-state index in [0.717, 1.165) is 69.7 Å². The van der Waals surface area contributed by atoms with Crippen molar-refractivity contribution >= 4 is 11.9 Å². The molecule has 6 aliphatic rings. The number of carbonyl (C=O) groups excluding carboxylic acids is 1. The van der Waals surface area contributed by atoms with E-state index < -0.39 is 5.60 Å². The van der Waals surface area contributed by atoms with Crippen LogP contribution in [0.3, 0.4) is 0 Å². The maximum absolute atomic E-state index is 13.5. The number of aromatic nitrogens is 2. The van der Waals surface area contributed by atoms with E-state index in [1.165, 1.54) is 6.42 Å². The lowest BCUT2D eigenvalue weighted by molar-refractivity contribution is -0.136. The average Bonchev–Trinajstić information content (AvgIpc) is 2.67. The molecule has 32 heavy (non-hydrogen) atoms. The number of nitrogens with one attached hydrogen (secondary N) is 1. The highest BCUT2D eigenvalue weighted by Crippen LogP contribution is 2.55. The van der Waals surface area contributed by atoms with Gasteiger partial charge in [-0.05, 0) is 76.5 Å². The SMILES string of the molecule is C[C@@H]1CN(c2ncc(C(=O)NC3C4CC5CC3CC(O)(C5)C4)c(C3CCC3)n2)C[C@@H](C)O1. The molecule has 0 radical (unpaired) electrons. The topological polar surface area (TPSA) is 87.6 Å². The Kier molecular flexibility index (Phi) is 4.99. The van der Waals surface area contributed by atoms with Gasteiger partial charge in [0.25, 0.3) is 5.91 Å². The van der Waals surface area contributed by atoms with Gasteiger partial charge < -0.3 is 20.1 Å². The Labute approximate surface area is 190 Å². The van der Waals surface area contributed by atoms with Gasteiger partial charge in [-0.15, -0.1) is 0 Å². The summed E-state index contributed by atoms with van der Waals surface area (Å²) < 4.78 is 5.87. The molecular formula is C25H36N4O3. The molecule has 7 rings (SSSR count).